The Bertz CT molecular complexity index is 1210. The Labute approximate surface area is 182 Å². The van der Waals surface area contributed by atoms with E-state index >= 15 is 0 Å². The predicted octanol–water partition coefficient (Wildman–Crippen LogP) is 4.43. The van der Waals surface area contributed by atoms with Crippen molar-refractivity contribution in [3.63, 3.8) is 0 Å². The summed E-state index contributed by atoms with van der Waals surface area (Å²) in [5.74, 6) is -0.644. The number of nitrogens with two attached hydrogens (primary N) is 1. The van der Waals surface area contributed by atoms with Crippen molar-refractivity contribution in [1.29, 1.82) is 0 Å². The molecule has 3 aromatic rings. The van der Waals surface area contributed by atoms with Crippen LogP contribution < -0.4 is 15.2 Å². The van der Waals surface area contributed by atoms with Crippen LogP contribution in [0.4, 0.5) is 14.5 Å². The number of amides is 1. The maximum atomic E-state index is 12.8. The summed E-state index contributed by atoms with van der Waals surface area (Å²) in [6.45, 7) is -3.00. The van der Waals surface area contributed by atoms with Gasteiger partial charge in [-0.25, -0.2) is 13.6 Å². The number of hydrogen-bond acceptors (Lipinski definition) is 4. The summed E-state index contributed by atoms with van der Waals surface area (Å²) >= 11 is 5.84. The SMILES string of the molecule is NS(=O)(=O)c1cc(C(=O)Nc2ccc(OC(F)F)c(Cc3ccccc3)c2)ccc1Cl. The van der Waals surface area contributed by atoms with Crippen LogP contribution in [0.3, 0.4) is 0 Å². The Morgan fingerprint density at radius 3 is 2.42 bits per heavy atom. The molecule has 0 fully saturated rings. The highest BCUT2D eigenvalue weighted by molar-refractivity contribution is 7.89. The first-order valence-electron chi connectivity index (χ1n) is 8.89. The fourth-order valence-corrected chi connectivity index (χ4v) is 3.96. The largest absolute Gasteiger partial charge is 0.435 e. The van der Waals surface area contributed by atoms with Crippen LogP contribution in [0.25, 0.3) is 0 Å². The maximum Gasteiger partial charge on any atom is 0.387 e. The van der Waals surface area contributed by atoms with E-state index in [0.29, 0.717) is 17.7 Å². The van der Waals surface area contributed by atoms with Gasteiger partial charge in [0.25, 0.3) is 5.91 Å². The Balaban J connectivity index is 1.89. The molecule has 10 heteroatoms. The Kier molecular flexibility index (Phi) is 6.89. The average Bonchev–Trinajstić information content (AvgIpc) is 2.70. The summed E-state index contributed by atoms with van der Waals surface area (Å²) in [4.78, 5) is 12.2. The maximum absolute atomic E-state index is 12.8. The summed E-state index contributed by atoms with van der Waals surface area (Å²) in [6, 6.07) is 17.0. The molecule has 0 heterocycles. The zero-order chi connectivity index (χ0) is 22.6. The number of halogens is 3. The second-order valence-electron chi connectivity index (χ2n) is 6.51. The van der Waals surface area contributed by atoms with Gasteiger partial charge in [-0.15, -0.1) is 0 Å². The van der Waals surface area contributed by atoms with E-state index < -0.39 is 22.5 Å². The lowest BCUT2D eigenvalue weighted by atomic mass is 10.0. The highest BCUT2D eigenvalue weighted by Gasteiger charge is 2.17. The number of primary sulfonamides is 1. The second kappa shape index (κ2) is 9.42. The summed E-state index contributed by atoms with van der Waals surface area (Å²) < 4.78 is 53.4. The van der Waals surface area contributed by atoms with Crippen molar-refractivity contribution in [2.45, 2.75) is 17.9 Å². The van der Waals surface area contributed by atoms with Crippen molar-refractivity contribution >= 4 is 33.2 Å². The van der Waals surface area contributed by atoms with E-state index in [-0.39, 0.29) is 21.2 Å². The molecule has 0 saturated carbocycles. The zero-order valence-corrected chi connectivity index (χ0v) is 17.5. The first kappa shape index (κ1) is 22.7. The zero-order valence-electron chi connectivity index (χ0n) is 15.9. The van der Waals surface area contributed by atoms with Gasteiger partial charge in [0.1, 0.15) is 10.6 Å². The molecule has 0 bridgehead atoms. The summed E-state index contributed by atoms with van der Waals surface area (Å²) in [6.07, 6.45) is 0.295. The highest BCUT2D eigenvalue weighted by atomic mass is 35.5. The number of nitrogens with one attached hydrogen (secondary N) is 1. The number of anilines is 1. The molecule has 3 aromatic carbocycles. The molecule has 0 atom stereocenters. The molecular formula is C21H17ClF2N2O4S. The van der Waals surface area contributed by atoms with Crippen molar-refractivity contribution in [3.8, 4) is 5.75 Å². The lowest BCUT2D eigenvalue weighted by Gasteiger charge is -2.14. The molecule has 0 aliphatic carbocycles. The van der Waals surface area contributed by atoms with Crippen molar-refractivity contribution in [1.82, 2.24) is 0 Å². The Morgan fingerprint density at radius 2 is 1.77 bits per heavy atom. The minimum atomic E-state index is -4.12. The Hall–Kier alpha value is -3.01. The van der Waals surface area contributed by atoms with Crippen LogP contribution in [0.15, 0.2) is 71.6 Å². The highest BCUT2D eigenvalue weighted by Crippen LogP contribution is 2.28. The first-order chi connectivity index (χ1) is 14.6. The smallest absolute Gasteiger partial charge is 0.387 e. The third-order valence-corrected chi connectivity index (χ3v) is 5.66. The molecule has 0 unspecified atom stereocenters. The molecule has 1 amide bonds. The number of carbonyl (C=O) groups is 1. The number of sulfonamides is 1. The molecule has 6 nitrogen and oxygen atoms in total. The molecule has 31 heavy (non-hydrogen) atoms. The predicted molar refractivity (Wildman–Crippen MR) is 113 cm³/mol. The van der Waals surface area contributed by atoms with E-state index in [0.717, 1.165) is 11.6 Å². The van der Waals surface area contributed by atoms with Gasteiger partial charge in [0.2, 0.25) is 10.0 Å². The van der Waals surface area contributed by atoms with Crippen LogP contribution >= 0.6 is 11.6 Å². The average molecular weight is 467 g/mol. The number of alkyl halides is 2. The van der Waals surface area contributed by atoms with E-state index in [9.17, 15) is 22.0 Å². The number of rotatable bonds is 7. The topological polar surface area (TPSA) is 98.5 Å². The molecular weight excluding hydrogens is 450 g/mol. The van der Waals surface area contributed by atoms with Crippen molar-refractivity contribution < 1.29 is 26.7 Å². The molecule has 0 aliphatic rings. The number of ether oxygens (including phenoxy) is 1. The fraction of sp³-hybridized carbons (Fsp3) is 0.0952. The van der Waals surface area contributed by atoms with Gasteiger partial charge >= 0.3 is 6.61 Å². The lowest BCUT2D eigenvalue weighted by molar-refractivity contribution is -0.0503. The molecule has 3 rings (SSSR count). The van der Waals surface area contributed by atoms with Gasteiger partial charge in [-0.2, -0.15) is 8.78 Å². The number of hydrogen-bond donors (Lipinski definition) is 2. The van der Waals surface area contributed by atoms with Crippen LogP contribution in [0.5, 0.6) is 5.75 Å². The minimum absolute atomic E-state index is 0.00550. The van der Waals surface area contributed by atoms with Gasteiger partial charge < -0.3 is 10.1 Å². The molecule has 162 valence electrons. The van der Waals surface area contributed by atoms with Gasteiger partial charge in [-0.05, 0) is 42.0 Å². The van der Waals surface area contributed by atoms with E-state index in [4.69, 9.17) is 16.7 Å². The van der Waals surface area contributed by atoms with Crippen molar-refractivity contribution in [2.75, 3.05) is 5.32 Å². The first-order valence-corrected chi connectivity index (χ1v) is 10.8. The quantitative estimate of drug-likeness (QED) is 0.538. The molecule has 0 spiro atoms. The third-order valence-electron chi connectivity index (χ3n) is 4.27. The van der Waals surface area contributed by atoms with Gasteiger partial charge in [-0.3, -0.25) is 4.79 Å². The van der Waals surface area contributed by atoms with Crippen LogP contribution in [0.2, 0.25) is 5.02 Å². The fourth-order valence-electron chi connectivity index (χ4n) is 2.89. The Morgan fingerprint density at radius 1 is 1.06 bits per heavy atom. The monoisotopic (exact) mass is 466 g/mol. The van der Waals surface area contributed by atoms with E-state index in [1.807, 2.05) is 30.3 Å². The van der Waals surface area contributed by atoms with Crippen LogP contribution in [-0.4, -0.2) is 20.9 Å². The third kappa shape index (κ3) is 6.00. The van der Waals surface area contributed by atoms with Crippen molar-refractivity contribution in [3.05, 3.63) is 88.4 Å². The lowest BCUT2D eigenvalue weighted by Crippen LogP contribution is -2.16. The summed E-state index contributed by atoms with van der Waals surface area (Å²) in [5, 5.41) is 7.60. The van der Waals surface area contributed by atoms with E-state index in [2.05, 4.69) is 10.1 Å². The van der Waals surface area contributed by atoms with Crippen LogP contribution in [0, 0.1) is 0 Å². The molecule has 0 aromatic heterocycles. The summed E-state index contributed by atoms with van der Waals surface area (Å²) in [7, 11) is -4.12. The summed E-state index contributed by atoms with van der Waals surface area (Å²) in [5.41, 5.74) is 1.61. The van der Waals surface area contributed by atoms with Crippen LogP contribution in [-0.2, 0) is 16.4 Å². The molecule has 3 N–H and O–H groups in total. The molecule has 0 radical (unpaired) electrons. The van der Waals surface area contributed by atoms with Gasteiger partial charge in [0, 0.05) is 23.2 Å². The van der Waals surface area contributed by atoms with E-state index in [1.165, 1.54) is 30.3 Å². The normalized spacial score (nSPS) is 11.4. The minimum Gasteiger partial charge on any atom is -0.435 e. The number of carbonyl (C=O) groups excluding carboxylic acids is 1. The standard InChI is InChI=1S/C21H17ClF2N2O4S/c22-17-8-6-14(12-19(17)31(25,28)29)20(27)26-16-7-9-18(30-21(23)24)15(11-16)10-13-4-2-1-3-5-13/h1-9,11-12,21H,10H2,(H,26,27)(H2,25,28,29). The van der Waals surface area contributed by atoms with Gasteiger partial charge in [0.05, 0.1) is 5.02 Å². The van der Waals surface area contributed by atoms with Crippen LogP contribution in [0.1, 0.15) is 21.5 Å². The van der Waals surface area contributed by atoms with E-state index in [1.54, 1.807) is 0 Å². The number of benzene rings is 3. The van der Waals surface area contributed by atoms with Gasteiger partial charge in [0.15, 0.2) is 0 Å². The second-order valence-corrected chi connectivity index (χ2v) is 8.44. The van der Waals surface area contributed by atoms with Gasteiger partial charge in [-0.1, -0.05) is 41.9 Å². The molecule has 0 saturated heterocycles. The van der Waals surface area contributed by atoms with Crippen molar-refractivity contribution in [2.24, 2.45) is 5.14 Å². The molecule has 0 aliphatic heterocycles.